The molecule has 0 aliphatic carbocycles. The summed E-state index contributed by atoms with van der Waals surface area (Å²) in [4.78, 5) is 4.54. The van der Waals surface area contributed by atoms with Crippen molar-refractivity contribution in [3.05, 3.63) is 18.2 Å². The molecule has 0 amide bonds. The monoisotopic (exact) mass is 278 g/mol. The molecule has 0 bridgehead atoms. The molecule has 0 spiro atoms. The van der Waals surface area contributed by atoms with Crippen molar-refractivity contribution >= 4 is 5.69 Å². The second kappa shape index (κ2) is 5.87. The van der Waals surface area contributed by atoms with Gasteiger partial charge in [0.1, 0.15) is 13.2 Å². The molecule has 20 heavy (non-hydrogen) atoms. The molecule has 1 unspecified atom stereocenters. The fraction of sp³-hybridized carbons (Fsp3) is 0.571. The molecule has 3 rings (SSSR count). The van der Waals surface area contributed by atoms with Gasteiger partial charge in [-0.25, -0.2) is 0 Å². The number of nitrogens with two attached hydrogens (primary N) is 2. The van der Waals surface area contributed by atoms with Crippen LogP contribution in [-0.4, -0.2) is 57.0 Å². The Bertz CT molecular complexity index is 468. The molecule has 2 heterocycles. The SMILES string of the molecule is NCC1CN(c2cccc3c2OCCO3)CCN1CN. The Kier molecular flexibility index (Phi) is 3.95. The largest absolute Gasteiger partial charge is 0.486 e. The number of fused-ring (bicyclic) bond motifs is 1. The molecule has 2 aliphatic heterocycles. The Morgan fingerprint density at radius 2 is 2.00 bits per heavy atom. The maximum Gasteiger partial charge on any atom is 0.184 e. The minimum absolute atomic E-state index is 0.286. The molecule has 1 aromatic carbocycles. The van der Waals surface area contributed by atoms with E-state index < -0.39 is 0 Å². The molecule has 1 aromatic rings. The lowest BCUT2D eigenvalue weighted by molar-refractivity contribution is 0.168. The molecule has 0 radical (unpaired) electrons. The van der Waals surface area contributed by atoms with Gasteiger partial charge in [-0.3, -0.25) is 4.90 Å². The van der Waals surface area contributed by atoms with Gasteiger partial charge in [0.25, 0.3) is 0 Å². The van der Waals surface area contributed by atoms with Crippen LogP contribution in [0.5, 0.6) is 11.5 Å². The topological polar surface area (TPSA) is 77.0 Å². The van der Waals surface area contributed by atoms with Gasteiger partial charge in [0.05, 0.1) is 5.69 Å². The predicted molar refractivity (Wildman–Crippen MR) is 78.2 cm³/mol. The van der Waals surface area contributed by atoms with Crippen LogP contribution in [0.4, 0.5) is 5.69 Å². The summed E-state index contributed by atoms with van der Waals surface area (Å²) < 4.78 is 11.4. The number of para-hydroxylation sites is 1. The first-order valence-corrected chi connectivity index (χ1v) is 7.11. The fourth-order valence-corrected chi connectivity index (χ4v) is 2.88. The predicted octanol–water partition coefficient (Wildman–Crippen LogP) is -0.177. The minimum Gasteiger partial charge on any atom is -0.486 e. The quantitative estimate of drug-likeness (QED) is 0.799. The minimum atomic E-state index is 0.286. The summed E-state index contributed by atoms with van der Waals surface area (Å²) in [6, 6.07) is 6.33. The van der Waals surface area contributed by atoms with E-state index in [9.17, 15) is 0 Å². The van der Waals surface area contributed by atoms with Gasteiger partial charge in [-0.1, -0.05) is 6.07 Å². The van der Waals surface area contributed by atoms with Crippen LogP contribution < -0.4 is 25.8 Å². The van der Waals surface area contributed by atoms with Gasteiger partial charge in [-0.15, -0.1) is 0 Å². The summed E-state index contributed by atoms with van der Waals surface area (Å²) in [5, 5.41) is 0. The molecule has 0 aromatic heterocycles. The van der Waals surface area contributed by atoms with Crippen LogP contribution in [0, 0.1) is 0 Å². The van der Waals surface area contributed by atoms with Gasteiger partial charge in [-0.05, 0) is 12.1 Å². The van der Waals surface area contributed by atoms with Crippen molar-refractivity contribution in [2.24, 2.45) is 11.5 Å². The second-order valence-corrected chi connectivity index (χ2v) is 5.13. The fourth-order valence-electron chi connectivity index (χ4n) is 2.88. The van der Waals surface area contributed by atoms with Gasteiger partial charge in [0, 0.05) is 38.9 Å². The summed E-state index contributed by atoms with van der Waals surface area (Å²) in [5.41, 5.74) is 12.7. The van der Waals surface area contributed by atoms with Crippen molar-refractivity contribution in [1.29, 1.82) is 0 Å². The summed E-state index contributed by atoms with van der Waals surface area (Å²) >= 11 is 0. The average molecular weight is 278 g/mol. The van der Waals surface area contributed by atoms with Crippen LogP contribution in [-0.2, 0) is 0 Å². The standard InChI is InChI=1S/C14H22N4O2/c15-8-11-9-17(4-5-18(11)10-16)12-2-1-3-13-14(12)20-7-6-19-13/h1-3,11H,4-10,15-16H2. The van der Waals surface area contributed by atoms with Crippen molar-refractivity contribution in [2.75, 3.05) is 51.0 Å². The number of hydrogen-bond acceptors (Lipinski definition) is 6. The highest BCUT2D eigenvalue weighted by Crippen LogP contribution is 2.40. The highest BCUT2D eigenvalue weighted by atomic mass is 16.6. The van der Waals surface area contributed by atoms with Crippen molar-refractivity contribution in [2.45, 2.75) is 6.04 Å². The van der Waals surface area contributed by atoms with Gasteiger partial charge in [0.2, 0.25) is 0 Å². The smallest absolute Gasteiger partial charge is 0.184 e. The van der Waals surface area contributed by atoms with E-state index in [-0.39, 0.29) is 6.04 Å². The Morgan fingerprint density at radius 1 is 1.15 bits per heavy atom. The maximum absolute atomic E-state index is 5.87. The van der Waals surface area contributed by atoms with Crippen molar-refractivity contribution < 1.29 is 9.47 Å². The van der Waals surface area contributed by atoms with Crippen LogP contribution in [0.25, 0.3) is 0 Å². The lowest BCUT2D eigenvalue weighted by Crippen LogP contribution is -2.57. The molecule has 4 N–H and O–H groups in total. The Balaban J connectivity index is 1.83. The third kappa shape index (κ3) is 2.42. The molecular weight excluding hydrogens is 256 g/mol. The number of hydrogen-bond donors (Lipinski definition) is 2. The van der Waals surface area contributed by atoms with Crippen molar-refractivity contribution in [1.82, 2.24) is 4.90 Å². The third-order valence-corrected chi connectivity index (χ3v) is 4.00. The van der Waals surface area contributed by atoms with Gasteiger partial charge >= 0.3 is 0 Å². The van der Waals surface area contributed by atoms with E-state index in [1.807, 2.05) is 12.1 Å². The van der Waals surface area contributed by atoms with Crippen LogP contribution in [0.3, 0.4) is 0 Å². The molecular formula is C14H22N4O2. The van der Waals surface area contributed by atoms with Gasteiger partial charge < -0.3 is 25.8 Å². The first-order valence-electron chi connectivity index (χ1n) is 7.11. The number of rotatable bonds is 3. The summed E-state index contributed by atoms with van der Waals surface area (Å²) in [6.45, 7) is 5.10. The first kappa shape index (κ1) is 13.5. The zero-order valence-corrected chi connectivity index (χ0v) is 11.6. The average Bonchev–Trinajstić information content (AvgIpc) is 2.53. The number of benzene rings is 1. The van der Waals surface area contributed by atoms with Crippen molar-refractivity contribution in [3.63, 3.8) is 0 Å². The van der Waals surface area contributed by atoms with E-state index >= 15 is 0 Å². The number of anilines is 1. The van der Waals surface area contributed by atoms with E-state index in [2.05, 4.69) is 15.9 Å². The Labute approximate surface area is 119 Å². The van der Waals surface area contributed by atoms with Gasteiger partial charge in [-0.2, -0.15) is 0 Å². The lowest BCUT2D eigenvalue weighted by atomic mass is 10.1. The van der Waals surface area contributed by atoms with Gasteiger partial charge in [0.15, 0.2) is 11.5 Å². The van der Waals surface area contributed by atoms with E-state index in [4.69, 9.17) is 20.9 Å². The number of ether oxygens (including phenoxy) is 2. The first-order chi connectivity index (χ1) is 9.83. The highest BCUT2D eigenvalue weighted by Gasteiger charge is 2.28. The molecule has 2 aliphatic rings. The van der Waals surface area contributed by atoms with E-state index in [0.29, 0.717) is 26.4 Å². The molecule has 1 atom stereocenters. The molecule has 110 valence electrons. The summed E-state index contributed by atoms with van der Waals surface area (Å²) in [5.74, 6) is 1.69. The molecule has 1 saturated heterocycles. The zero-order valence-electron chi connectivity index (χ0n) is 11.6. The highest BCUT2D eigenvalue weighted by molar-refractivity contribution is 5.65. The van der Waals surface area contributed by atoms with E-state index in [0.717, 1.165) is 36.8 Å². The number of nitrogens with zero attached hydrogens (tertiary/aromatic N) is 2. The van der Waals surface area contributed by atoms with Crippen LogP contribution in [0.1, 0.15) is 0 Å². The van der Waals surface area contributed by atoms with Crippen molar-refractivity contribution in [3.8, 4) is 11.5 Å². The molecule has 6 heteroatoms. The molecule has 0 saturated carbocycles. The Hall–Kier alpha value is -1.50. The third-order valence-electron chi connectivity index (χ3n) is 4.00. The number of piperazine rings is 1. The normalized spacial score (nSPS) is 22.9. The Morgan fingerprint density at radius 3 is 2.80 bits per heavy atom. The summed E-state index contributed by atoms with van der Waals surface area (Å²) in [7, 11) is 0. The zero-order chi connectivity index (χ0) is 13.9. The van der Waals surface area contributed by atoms with Crippen LogP contribution in [0.2, 0.25) is 0 Å². The van der Waals surface area contributed by atoms with Crippen LogP contribution in [0.15, 0.2) is 18.2 Å². The lowest BCUT2D eigenvalue weighted by Gasteiger charge is -2.42. The van der Waals surface area contributed by atoms with Crippen LogP contribution >= 0.6 is 0 Å². The molecule has 1 fully saturated rings. The molecule has 6 nitrogen and oxygen atoms in total. The maximum atomic E-state index is 5.87. The van der Waals surface area contributed by atoms with E-state index in [1.54, 1.807) is 0 Å². The summed E-state index contributed by atoms with van der Waals surface area (Å²) in [6.07, 6.45) is 0. The van der Waals surface area contributed by atoms with E-state index in [1.165, 1.54) is 0 Å². The second-order valence-electron chi connectivity index (χ2n) is 5.13.